The number of hydrogen-bond acceptors (Lipinski definition) is 9. The molecule has 2 saturated heterocycles. The molecule has 2 fully saturated rings. The Balaban J connectivity index is 1.13. The van der Waals surface area contributed by atoms with Crippen molar-refractivity contribution in [1.82, 2.24) is 40.0 Å². The molecule has 2 aliphatic rings. The molecule has 0 saturated carbocycles. The van der Waals surface area contributed by atoms with Crippen LogP contribution in [0.25, 0.3) is 22.6 Å². The van der Waals surface area contributed by atoms with Crippen molar-refractivity contribution < 1.29 is 22.8 Å². The minimum Gasteiger partial charge on any atom is -0.436 e. The highest BCUT2D eigenvalue weighted by Gasteiger charge is 2.46. The van der Waals surface area contributed by atoms with Gasteiger partial charge < -0.3 is 14.6 Å². The number of tetrazole rings is 1. The van der Waals surface area contributed by atoms with E-state index in [0.717, 1.165) is 18.4 Å². The van der Waals surface area contributed by atoms with Crippen LogP contribution in [0.3, 0.4) is 0 Å². The molecule has 5 heterocycles. The number of oxazole rings is 1. The van der Waals surface area contributed by atoms with Crippen LogP contribution in [0.4, 0.5) is 14.5 Å². The van der Waals surface area contributed by atoms with Gasteiger partial charge in [0.15, 0.2) is 11.4 Å². The molecule has 0 spiro atoms. The Morgan fingerprint density at radius 1 is 1.02 bits per heavy atom. The second kappa shape index (κ2) is 11.2. The molecule has 224 valence electrons. The number of amides is 2. The number of aromatic nitrogens is 6. The largest absolute Gasteiger partial charge is 0.436 e. The Labute approximate surface area is 249 Å². The summed E-state index contributed by atoms with van der Waals surface area (Å²) < 4.78 is 32.5. The van der Waals surface area contributed by atoms with Crippen LogP contribution in [0.5, 0.6) is 0 Å². The fraction of sp³-hybridized carbons (Fsp3) is 0.300. The van der Waals surface area contributed by atoms with Gasteiger partial charge >= 0.3 is 6.55 Å². The number of piperazine rings is 1. The molecule has 0 aliphatic carbocycles. The van der Waals surface area contributed by atoms with Crippen LogP contribution in [-0.4, -0.2) is 77.0 Å². The van der Waals surface area contributed by atoms with Crippen molar-refractivity contribution in [2.75, 3.05) is 18.4 Å². The molecule has 12 nitrogen and oxygen atoms in total. The highest BCUT2D eigenvalue weighted by atomic mass is 19.3. The molecule has 2 aliphatic heterocycles. The van der Waals surface area contributed by atoms with Gasteiger partial charge in [-0.2, -0.15) is 8.78 Å². The van der Waals surface area contributed by atoms with Crippen LogP contribution in [0.15, 0.2) is 71.3 Å². The number of likely N-dealkylation sites (tertiary alicyclic amines) is 1. The molecule has 5 aromatic rings. The fourth-order valence-corrected chi connectivity index (χ4v) is 6.21. The molecule has 3 aromatic heterocycles. The third kappa shape index (κ3) is 5.17. The van der Waals surface area contributed by atoms with Crippen molar-refractivity contribution in [2.24, 2.45) is 0 Å². The maximum atomic E-state index is 13.9. The monoisotopic (exact) mass is 599 g/mol. The highest BCUT2D eigenvalue weighted by Crippen LogP contribution is 2.37. The number of hydrogen-bond donors (Lipinski definition) is 1. The lowest BCUT2D eigenvalue weighted by atomic mass is 10.0. The smallest absolute Gasteiger partial charge is 0.350 e. The molecular weight excluding hydrogens is 572 g/mol. The van der Waals surface area contributed by atoms with Crippen molar-refractivity contribution in [2.45, 2.75) is 44.4 Å². The Morgan fingerprint density at radius 3 is 2.50 bits per heavy atom. The van der Waals surface area contributed by atoms with E-state index in [9.17, 15) is 18.4 Å². The predicted molar refractivity (Wildman–Crippen MR) is 153 cm³/mol. The van der Waals surface area contributed by atoms with E-state index < -0.39 is 12.6 Å². The number of rotatable bonds is 7. The van der Waals surface area contributed by atoms with Crippen LogP contribution in [0.2, 0.25) is 0 Å². The number of carbonyl (C=O) groups is 2. The summed E-state index contributed by atoms with van der Waals surface area (Å²) in [4.78, 5) is 38.6. The van der Waals surface area contributed by atoms with Crippen LogP contribution < -0.4 is 5.32 Å². The van der Waals surface area contributed by atoms with Crippen molar-refractivity contribution >= 4 is 28.6 Å². The van der Waals surface area contributed by atoms with E-state index in [1.165, 1.54) is 6.92 Å². The van der Waals surface area contributed by atoms with Crippen LogP contribution in [0, 0.1) is 0 Å². The normalized spacial score (nSPS) is 19.0. The topological polar surface area (TPSA) is 135 Å². The standard InChI is InChI=1S/C30H27F2N9O3/c1-17(42)34-20-7-10-25-23(14-20)35-28(44-25)19-11-12-33-24(13-19)29(43)40-21-8-9-22(40)16-39(15-21)26(18-5-3-2-4-6-18)27-36-38-41(37-27)30(31)32/h2-7,10-14,21-22,26,30H,8-9,15-16H2,1H3,(H,34,42)/t21?,22?,26-/m1/s1. The molecule has 7 rings (SSSR count). The van der Waals surface area contributed by atoms with Gasteiger partial charge in [-0.1, -0.05) is 35.1 Å². The van der Waals surface area contributed by atoms with E-state index in [1.54, 1.807) is 36.5 Å². The molecule has 2 unspecified atom stereocenters. The summed E-state index contributed by atoms with van der Waals surface area (Å²) in [5.74, 6) is 0.139. The Bertz CT molecular complexity index is 1830. The summed E-state index contributed by atoms with van der Waals surface area (Å²) in [6.45, 7) is -0.446. The summed E-state index contributed by atoms with van der Waals surface area (Å²) in [6.07, 6.45) is 3.15. The number of benzene rings is 2. The maximum Gasteiger partial charge on any atom is 0.350 e. The molecule has 2 bridgehead atoms. The van der Waals surface area contributed by atoms with Gasteiger partial charge in [-0.25, -0.2) is 4.98 Å². The first-order chi connectivity index (χ1) is 21.3. The number of pyridine rings is 1. The van der Waals surface area contributed by atoms with Gasteiger partial charge in [0.05, 0.1) is 6.04 Å². The number of nitrogens with one attached hydrogen (secondary N) is 1. The second-order valence-corrected chi connectivity index (χ2v) is 10.9. The van der Waals surface area contributed by atoms with E-state index >= 15 is 0 Å². The first kappa shape index (κ1) is 27.7. The molecule has 0 radical (unpaired) electrons. The number of alkyl halides is 2. The predicted octanol–water partition coefficient (Wildman–Crippen LogP) is 4.31. The lowest BCUT2D eigenvalue weighted by Crippen LogP contribution is -2.56. The van der Waals surface area contributed by atoms with Crippen LogP contribution in [-0.2, 0) is 4.79 Å². The molecule has 3 atom stereocenters. The van der Waals surface area contributed by atoms with E-state index in [0.29, 0.717) is 46.1 Å². The molecule has 44 heavy (non-hydrogen) atoms. The summed E-state index contributed by atoms with van der Waals surface area (Å²) in [5, 5.41) is 14.2. The fourth-order valence-electron chi connectivity index (χ4n) is 6.21. The summed E-state index contributed by atoms with van der Waals surface area (Å²) in [5.41, 5.74) is 3.45. The minimum atomic E-state index is -2.89. The molecule has 1 N–H and O–H groups in total. The number of carbonyl (C=O) groups excluding carboxylic acids is 2. The van der Waals surface area contributed by atoms with Crippen LogP contribution >= 0.6 is 0 Å². The van der Waals surface area contributed by atoms with Crippen molar-refractivity contribution in [3.8, 4) is 11.5 Å². The third-order valence-corrected chi connectivity index (χ3v) is 8.02. The van der Waals surface area contributed by atoms with Gasteiger partial charge in [0, 0.05) is 49.5 Å². The van der Waals surface area contributed by atoms with Gasteiger partial charge in [-0.05, 0) is 54.0 Å². The van der Waals surface area contributed by atoms with Crippen molar-refractivity contribution in [3.63, 3.8) is 0 Å². The quantitative estimate of drug-likeness (QED) is 0.290. The van der Waals surface area contributed by atoms with Gasteiger partial charge in [-0.15, -0.1) is 10.2 Å². The summed E-state index contributed by atoms with van der Waals surface area (Å²) in [6, 6.07) is 17.3. The number of nitrogens with zero attached hydrogens (tertiary/aromatic N) is 8. The molecule has 2 amide bonds. The molecule has 14 heteroatoms. The summed E-state index contributed by atoms with van der Waals surface area (Å²) in [7, 11) is 0. The average molecular weight is 600 g/mol. The van der Waals surface area contributed by atoms with Gasteiger partial charge in [0.25, 0.3) is 5.91 Å². The number of fused-ring (bicyclic) bond motifs is 3. The molecular formula is C30H27F2N9O3. The van der Waals surface area contributed by atoms with E-state index in [-0.39, 0.29) is 35.4 Å². The number of halogens is 2. The first-order valence-corrected chi connectivity index (χ1v) is 14.2. The second-order valence-electron chi connectivity index (χ2n) is 10.9. The maximum absolute atomic E-state index is 13.9. The lowest BCUT2D eigenvalue weighted by Gasteiger charge is -2.43. The van der Waals surface area contributed by atoms with Gasteiger partial charge in [-0.3, -0.25) is 19.5 Å². The minimum absolute atomic E-state index is 0.111. The first-order valence-electron chi connectivity index (χ1n) is 14.2. The van der Waals surface area contributed by atoms with Gasteiger partial charge in [0.2, 0.25) is 11.8 Å². The average Bonchev–Trinajstić information content (AvgIpc) is 3.74. The van der Waals surface area contributed by atoms with Crippen molar-refractivity contribution in [1.29, 1.82) is 0 Å². The zero-order chi connectivity index (χ0) is 30.4. The highest BCUT2D eigenvalue weighted by molar-refractivity contribution is 5.94. The summed E-state index contributed by atoms with van der Waals surface area (Å²) >= 11 is 0. The Morgan fingerprint density at radius 2 is 1.80 bits per heavy atom. The zero-order valence-corrected chi connectivity index (χ0v) is 23.5. The zero-order valence-electron chi connectivity index (χ0n) is 23.5. The molecule has 2 aromatic carbocycles. The Hall–Kier alpha value is -5.11. The SMILES string of the molecule is CC(=O)Nc1ccc2oc(-c3ccnc(C(=O)N4C5CCC4CN([C@H](c4ccccc4)c4nnn(C(F)F)n4)C5)c3)nc2c1. The van der Waals surface area contributed by atoms with Crippen molar-refractivity contribution in [3.05, 3.63) is 83.9 Å². The van der Waals surface area contributed by atoms with E-state index in [1.807, 2.05) is 35.2 Å². The lowest BCUT2D eigenvalue weighted by molar-refractivity contribution is -0.114. The third-order valence-electron chi connectivity index (χ3n) is 8.02. The van der Waals surface area contributed by atoms with Crippen LogP contribution in [0.1, 0.15) is 54.2 Å². The van der Waals surface area contributed by atoms with E-state index in [2.05, 4.69) is 35.6 Å². The Kier molecular flexibility index (Phi) is 7.04. The van der Waals surface area contributed by atoms with Gasteiger partial charge in [0.1, 0.15) is 11.2 Å². The van der Waals surface area contributed by atoms with E-state index in [4.69, 9.17) is 4.42 Å². The number of anilines is 1.